The third kappa shape index (κ3) is 5.57. The molecule has 5 nitrogen and oxygen atoms in total. The second-order valence-electron chi connectivity index (χ2n) is 5.59. The molecule has 2 aromatic rings. The molecule has 24 heavy (non-hydrogen) atoms. The highest BCUT2D eigenvalue weighted by molar-refractivity contribution is 5.79. The predicted octanol–water partition coefficient (Wildman–Crippen LogP) is 2.35. The first-order valence-electron chi connectivity index (χ1n) is 8.20. The molecule has 0 saturated carbocycles. The molecule has 0 aliphatic heterocycles. The van der Waals surface area contributed by atoms with E-state index in [1.165, 1.54) is 11.1 Å². The van der Waals surface area contributed by atoms with Crippen molar-refractivity contribution in [2.75, 3.05) is 27.2 Å². The molecule has 2 rings (SSSR count). The molecule has 0 saturated heterocycles. The van der Waals surface area contributed by atoms with Crippen LogP contribution in [0.25, 0.3) is 0 Å². The van der Waals surface area contributed by atoms with Crippen molar-refractivity contribution in [3.8, 4) is 5.75 Å². The van der Waals surface area contributed by atoms with Gasteiger partial charge in [0.25, 0.3) is 0 Å². The molecule has 0 fully saturated rings. The van der Waals surface area contributed by atoms with Crippen LogP contribution in [-0.2, 0) is 12.8 Å². The maximum atomic E-state index is 5.37. The van der Waals surface area contributed by atoms with Gasteiger partial charge in [0.1, 0.15) is 5.75 Å². The lowest BCUT2D eigenvalue weighted by Gasteiger charge is -2.12. The van der Waals surface area contributed by atoms with E-state index in [1.807, 2.05) is 12.3 Å². The van der Waals surface area contributed by atoms with Crippen LogP contribution in [-0.4, -0.2) is 38.2 Å². The fourth-order valence-electron chi connectivity index (χ4n) is 2.44. The number of hydrogen-bond donors (Lipinski definition) is 2. The normalized spacial score (nSPS) is 11.2. The van der Waals surface area contributed by atoms with Crippen LogP contribution in [0.3, 0.4) is 0 Å². The van der Waals surface area contributed by atoms with Crippen LogP contribution >= 0.6 is 0 Å². The Morgan fingerprint density at radius 2 is 1.88 bits per heavy atom. The van der Waals surface area contributed by atoms with E-state index in [0.717, 1.165) is 43.2 Å². The molecule has 1 aromatic carbocycles. The van der Waals surface area contributed by atoms with Crippen molar-refractivity contribution in [1.29, 1.82) is 0 Å². The van der Waals surface area contributed by atoms with Gasteiger partial charge in [-0.3, -0.25) is 9.98 Å². The Labute approximate surface area is 144 Å². The van der Waals surface area contributed by atoms with Crippen molar-refractivity contribution >= 4 is 5.96 Å². The SMILES string of the molecule is CN=C(NCCc1cccnc1)NCCc1ccc(C)c(OC)c1. The van der Waals surface area contributed by atoms with E-state index < -0.39 is 0 Å². The number of hydrogen-bond acceptors (Lipinski definition) is 3. The van der Waals surface area contributed by atoms with Crippen molar-refractivity contribution in [3.63, 3.8) is 0 Å². The fraction of sp³-hybridized carbons (Fsp3) is 0.368. The van der Waals surface area contributed by atoms with Crippen LogP contribution in [0.1, 0.15) is 16.7 Å². The topological polar surface area (TPSA) is 58.5 Å². The van der Waals surface area contributed by atoms with Crippen molar-refractivity contribution in [2.45, 2.75) is 19.8 Å². The Balaban J connectivity index is 1.73. The highest BCUT2D eigenvalue weighted by Gasteiger charge is 2.02. The van der Waals surface area contributed by atoms with Crippen molar-refractivity contribution in [2.24, 2.45) is 4.99 Å². The van der Waals surface area contributed by atoms with Crippen LogP contribution in [0.15, 0.2) is 47.7 Å². The molecule has 0 aliphatic rings. The number of methoxy groups -OCH3 is 1. The van der Waals surface area contributed by atoms with Crippen molar-refractivity contribution in [3.05, 3.63) is 59.4 Å². The third-order valence-electron chi connectivity index (χ3n) is 3.83. The number of aryl methyl sites for hydroxylation is 1. The standard InChI is InChI=1S/C19H26N4O/c1-15-6-7-16(13-18(15)24-3)8-11-22-19(20-2)23-12-9-17-5-4-10-21-14-17/h4-7,10,13-14H,8-9,11-12H2,1-3H3,(H2,20,22,23). The lowest BCUT2D eigenvalue weighted by Crippen LogP contribution is -2.39. The Bertz CT molecular complexity index is 656. The van der Waals surface area contributed by atoms with Gasteiger partial charge in [-0.1, -0.05) is 18.2 Å². The highest BCUT2D eigenvalue weighted by Crippen LogP contribution is 2.18. The number of benzene rings is 1. The molecule has 0 atom stereocenters. The molecule has 0 aliphatic carbocycles. The second-order valence-corrected chi connectivity index (χ2v) is 5.59. The van der Waals surface area contributed by atoms with Gasteiger partial charge >= 0.3 is 0 Å². The van der Waals surface area contributed by atoms with Gasteiger partial charge in [0, 0.05) is 32.5 Å². The lowest BCUT2D eigenvalue weighted by atomic mass is 10.1. The molecule has 128 valence electrons. The molecule has 1 aromatic heterocycles. The summed E-state index contributed by atoms with van der Waals surface area (Å²) >= 11 is 0. The molecule has 1 heterocycles. The monoisotopic (exact) mass is 326 g/mol. The third-order valence-corrected chi connectivity index (χ3v) is 3.83. The number of nitrogens with one attached hydrogen (secondary N) is 2. The van der Waals surface area contributed by atoms with E-state index in [0.29, 0.717) is 0 Å². The number of pyridine rings is 1. The molecule has 0 bridgehead atoms. The first kappa shape index (κ1) is 17.8. The van der Waals surface area contributed by atoms with Crippen molar-refractivity contribution < 1.29 is 4.74 Å². The fourth-order valence-corrected chi connectivity index (χ4v) is 2.44. The summed E-state index contributed by atoms with van der Waals surface area (Å²) in [5, 5.41) is 6.66. The molecule has 0 amide bonds. The van der Waals surface area contributed by atoms with Crippen molar-refractivity contribution in [1.82, 2.24) is 15.6 Å². The van der Waals surface area contributed by atoms with Gasteiger partial charge < -0.3 is 15.4 Å². The van der Waals surface area contributed by atoms with Gasteiger partial charge in [-0.2, -0.15) is 0 Å². The molecular weight excluding hydrogens is 300 g/mol. The smallest absolute Gasteiger partial charge is 0.190 e. The molecule has 5 heteroatoms. The van der Waals surface area contributed by atoms with Crippen LogP contribution in [0.5, 0.6) is 5.75 Å². The van der Waals surface area contributed by atoms with E-state index in [1.54, 1.807) is 20.4 Å². The Hall–Kier alpha value is -2.56. The molecule has 0 spiro atoms. The number of ether oxygens (including phenoxy) is 1. The summed E-state index contributed by atoms with van der Waals surface area (Å²) < 4.78 is 5.37. The number of guanidine groups is 1. The van der Waals surface area contributed by atoms with Crippen LogP contribution in [0.4, 0.5) is 0 Å². The summed E-state index contributed by atoms with van der Waals surface area (Å²) in [7, 11) is 3.49. The quantitative estimate of drug-likeness (QED) is 0.606. The second kappa shape index (κ2) is 9.55. The van der Waals surface area contributed by atoms with Gasteiger partial charge in [-0.25, -0.2) is 0 Å². The minimum Gasteiger partial charge on any atom is -0.496 e. The number of rotatable bonds is 7. The number of nitrogens with zero attached hydrogens (tertiary/aromatic N) is 2. The summed E-state index contributed by atoms with van der Waals surface area (Å²) in [5.74, 6) is 1.75. The van der Waals surface area contributed by atoms with E-state index >= 15 is 0 Å². The summed E-state index contributed by atoms with van der Waals surface area (Å²) in [4.78, 5) is 8.37. The average molecular weight is 326 g/mol. The molecule has 2 N–H and O–H groups in total. The highest BCUT2D eigenvalue weighted by atomic mass is 16.5. The minimum absolute atomic E-state index is 0.818. The maximum Gasteiger partial charge on any atom is 0.190 e. The van der Waals surface area contributed by atoms with Gasteiger partial charge in [-0.15, -0.1) is 0 Å². The number of aromatic nitrogens is 1. The summed E-state index contributed by atoms with van der Waals surface area (Å²) in [6, 6.07) is 10.4. The van der Waals surface area contributed by atoms with Crippen LogP contribution in [0.2, 0.25) is 0 Å². The summed E-state index contributed by atoms with van der Waals surface area (Å²) in [6.07, 6.45) is 5.52. The zero-order valence-electron chi connectivity index (χ0n) is 14.7. The van der Waals surface area contributed by atoms with E-state index in [4.69, 9.17) is 4.74 Å². The maximum absolute atomic E-state index is 5.37. The molecular formula is C19H26N4O. The largest absolute Gasteiger partial charge is 0.496 e. The van der Waals surface area contributed by atoms with Gasteiger partial charge in [0.05, 0.1) is 7.11 Å². The molecule has 0 radical (unpaired) electrons. The first-order valence-corrected chi connectivity index (χ1v) is 8.20. The van der Waals surface area contributed by atoms with E-state index in [9.17, 15) is 0 Å². The predicted molar refractivity (Wildman–Crippen MR) is 98.7 cm³/mol. The zero-order chi connectivity index (χ0) is 17.2. The van der Waals surface area contributed by atoms with Gasteiger partial charge in [0.2, 0.25) is 0 Å². The zero-order valence-corrected chi connectivity index (χ0v) is 14.7. The Kier molecular flexibility index (Phi) is 7.08. The van der Waals surface area contributed by atoms with E-state index in [-0.39, 0.29) is 0 Å². The average Bonchev–Trinajstić information content (AvgIpc) is 2.62. The minimum atomic E-state index is 0.818. The summed E-state index contributed by atoms with van der Waals surface area (Å²) in [6.45, 7) is 3.69. The molecule has 0 unspecified atom stereocenters. The van der Waals surface area contributed by atoms with Crippen LogP contribution in [0, 0.1) is 6.92 Å². The van der Waals surface area contributed by atoms with Gasteiger partial charge in [-0.05, 0) is 48.6 Å². The first-order chi connectivity index (χ1) is 11.7. The summed E-state index contributed by atoms with van der Waals surface area (Å²) in [5.41, 5.74) is 3.62. The number of aliphatic imine (C=N–C) groups is 1. The van der Waals surface area contributed by atoms with Crippen LogP contribution < -0.4 is 15.4 Å². The van der Waals surface area contributed by atoms with Gasteiger partial charge in [0.15, 0.2) is 5.96 Å². The van der Waals surface area contributed by atoms with E-state index in [2.05, 4.69) is 51.8 Å². The Morgan fingerprint density at radius 3 is 2.50 bits per heavy atom. The lowest BCUT2D eigenvalue weighted by molar-refractivity contribution is 0.411. The Morgan fingerprint density at radius 1 is 1.12 bits per heavy atom.